The van der Waals surface area contributed by atoms with E-state index in [1.807, 2.05) is 6.07 Å². The molecule has 0 aliphatic carbocycles. The standard InChI is InChI=1S/C25H32FN3O3S/c26-24-12-4-3-9-22(24)20-27-13-8-14-28(18-17-27)25(30)21-10-7-11-23(19-21)33(31,32)29-15-5-1-2-6-16-29/h3-4,7,9-12,19H,1-2,5-6,8,13-18,20H2. The molecule has 1 amide bonds. The molecule has 33 heavy (non-hydrogen) atoms. The summed E-state index contributed by atoms with van der Waals surface area (Å²) in [5.41, 5.74) is 1.05. The summed E-state index contributed by atoms with van der Waals surface area (Å²) in [6.45, 7) is 4.12. The van der Waals surface area contributed by atoms with Crippen molar-refractivity contribution < 1.29 is 17.6 Å². The van der Waals surface area contributed by atoms with E-state index >= 15 is 0 Å². The number of nitrogens with zero attached hydrogens (tertiary/aromatic N) is 3. The highest BCUT2D eigenvalue weighted by molar-refractivity contribution is 7.89. The van der Waals surface area contributed by atoms with Gasteiger partial charge in [-0.2, -0.15) is 4.31 Å². The summed E-state index contributed by atoms with van der Waals surface area (Å²) in [6, 6.07) is 13.2. The first-order valence-electron chi connectivity index (χ1n) is 11.8. The van der Waals surface area contributed by atoms with E-state index in [1.54, 1.807) is 39.5 Å². The van der Waals surface area contributed by atoms with Gasteiger partial charge in [-0.05, 0) is 43.5 Å². The number of halogens is 1. The first-order valence-corrected chi connectivity index (χ1v) is 13.2. The predicted molar refractivity (Wildman–Crippen MR) is 126 cm³/mol. The van der Waals surface area contributed by atoms with Gasteiger partial charge in [0.2, 0.25) is 10.0 Å². The Hall–Kier alpha value is -2.29. The van der Waals surface area contributed by atoms with Crippen molar-refractivity contribution >= 4 is 15.9 Å². The SMILES string of the molecule is O=C(c1cccc(S(=O)(=O)N2CCCCCC2)c1)N1CCCN(Cc2ccccc2F)CC1. The molecule has 2 aromatic carbocycles. The summed E-state index contributed by atoms with van der Waals surface area (Å²) < 4.78 is 41.9. The van der Waals surface area contributed by atoms with Crippen molar-refractivity contribution in [3.05, 3.63) is 65.5 Å². The summed E-state index contributed by atoms with van der Waals surface area (Å²) >= 11 is 0. The minimum atomic E-state index is -3.61. The monoisotopic (exact) mass is 473 g/mol. The van der Waals surface area contributed by atoms with Crippen molar-refractivity contribution in [2.24, 2.45) is 0 Å². The summed E-state index contributed by atoms with van der Waals surface area (Å²) in [5.74, 6) is -0.368. The van der Waals surface area contributed by atoms with Gasteiger partial charge in [0.1, 0.15) is 5.82 Å². The van der Waals surface area contributed by atoms with Crippen LogP contribution in [0.15, 0.2) is 53.4 Å². The van der Waals surface area contributed by atoms with Gasteiger partial charge in [-0.15, -0.1) is 0 Å². The second-order valence-corrected chi connectivity index (χ2v) is 10.8. The first kappa shape index (κ1) is 23.9. The fourth-order valence-electron chi connectivity index (χ4n) is 4.60. The maximum absolute atomic E-state index is 14.0. The van der Waals surface area contributed by atoms with Crippen LogP contribution in [0.2, 0.25) is 0 Å². The van der Waals surface area contributed by atoms with Crippen LogP contribution in [0.5, 0.6) is 0 Å². The molecule has 0 atom stereocenters. The van der Waals surface area contributed by atoms with Gasteiger partial charge in [0, 0.05) is 56.9 Å². The highest BCUT2D eigenvalue weighted by Crippen LogP contribution is 2.22. The molecule has 0 bridgehead atoms. The Morgan fingerprint density at radius 3 is 2.33 bits per heavy atom. The zero-order chi connectivity index (χ0) is 23.3. The summed E-state index contributed by atoms with van der Waals surface area (Å²) in [5, 5.41) is 0. The predicted octanol–water partition coefficient (Wildman–Crippen LogP) is 3.74. The number of carbonyl (C=O) groups excluding carboxylic acids is 1. The quantitative estimate of drug-likeness (QED) is 0.664. The molecule has 0 aromatic heterocycles. The van der Waals surface area contributed by atoms with Crippen molar-refractivity contribution in [3.8, 4) is 0 Å². The van der Waals surface area contributed by atoms with Crippen LogP contribution in [-0.2, 0) is 16.6 Å². The molecule has 2 saturated heterocycles. The van der Waals surface area contributed by atoms with Crippen LogP contribution in [0.3, 0.4) is 0 Å². The molecule has 2 heterocycles. The topological polar surface area (TPSA) is 60.9 Å². The molecular formula is C25H32FN3O3S. The lowest BCUT2D eigenvalue weighted by molar-refractivity contribution is 0.0760. The van der Waals surface area contributed by atoms with Crippen molar-refractivity contribution in [1.29, 1.82) is 0 Å². The van der Waals surface area contributed by atoms with Gasteiger partial charge >= 0.3 is 0 Å². The Balaban J connectivity index is 1.43. The fraction of sp³-hybridized carbons (Fsp3) is 0.480. The molecule has 2 aliphatic rings. The highest BCUT2D eigenvalue weighted by Gasteiger charge is 2.27. The summed E-state index contributed by atoms with van der Waals surface area (Å²) in [7, 11) is -3.61. The third-order valence-corrected chi connectivity index (χ3v) is 8.41. The van der Waals surface area contributed by atoms with Crippen LogP contribution in [0, 0.1) is 5.82 Å². The van der Waals surface area contributed by atoms with E-state index < -0.39 is 10.0 Å². The molecule has 8 heteroatoms. The van der Waals surface area contributed by atoms with E-state index in [0.717, 1.165) is 38.6 Å². The molecule has 0 spiro atoms. The number of carbonyl (C=O) groups is 1. The van der Waals surface area contributed by atoms with E-state index in [0.29, 0.717) is 50.4 Å². The van der Waals surface area contributed by atoms with E-state index in [1.165, 1.54) is 12.1 Å². The lowest BCUT2D eigenvalue weighted by Gasteiger charge is -2.23. The smallest absolute Gasteiger partial charge is 0.253 e. The maximum atomic E-state index is 14.0. The third-order valence-electron chi connectivity index (χ3n) is 6.51. The average molecular weight is 474 g/mol. The number of hydrogen-bond donors (Lipinski definition) is 0. The lowest BCUT2D eigenvalue weighted by Crippen LogP contribution is -2.35. The first-order chi connectivity index (χ1) is 15.9. The molecule has 178 valence electrons. The van der Waals surface area contributed by atoms with Gasteiger partial charge in [0.15, 0.2) is 0 Å². The maximum Gasteiger partial charge on any atom is 0.253 e. The largest absolute Gasteiger partial charge is 0.337 e. The average Bonchev–Trinajstić information content (AvgIpc) is 3.24. The van der Waals surface area contributed by atoms with Crippen LogP contribution in [0.25, 0.3) is 0 Å². The second kappa shape index (κ2) is 10.8. The third kappa shape index (κ3) is 5.80. The molecule has 0 unspecified atom stereocenters. The molecule has 2 aromatic rings. The van der Waals surface area contributed by atoms with Gasteiger partial charge in [-0.25, -0.2) is 12.8 Å². The van der Waals surface area contributed by atoms with Gasteiger partial charge in [0.05, 0.1) is 4.90 Å². The molecule has 0 N–H and O–H groups in total. The van der Waals surface area contributed by atoms with E-state index in [2.05, 4.69) is 4.90 Å². The van der Waals surface area contributed by atoms with Gasteiger partial charge in [-0.3, -0.25) is 9.69 Å². The lowest BCUT2D eigenvalue weighted by atomic mass is 10.2. The van der Waals surface area contributed by atoms with Crippen LogP contribution in [-0.4, -0.2) is 67.7 Å². The van der Waals surface area contributed by atoms with Crippen molar-refractivity contribution in [2.75, 3.05) is 39.3 Å². The van der Waals surface area contributed by atoms with E-state index in [9.17, 15) is 17.6 Å². The van der Waals surface area contributed by atoms with E-state index in [-0.39, 0.29) is 16.6 Å². The summed E-state index contributed by atoms with van der Waals surface area (Å²) in [4.78, 5) is 17.3. The Morgan fingerprint density at radius 1 is 0.818 bits per heavy atom. The molecule has 2 fully saturated rings. The number of benzene rings is 2. The molecule has 6 nitrogen and oxygen atoms in total. The molecule has 0 radical (unpaired) electrons. The van der Waals surface area contributed by atoms with Gasteiger partial charge in [0.25, 0.3) is 5.91 Å². The van der Waals surface area contributed by atoms with Crippen LogP contribution < -0.4 is 0 Å². The Labute approximate surface area is 196 Å². The minimum Gasteiger partial charge on any atom is -0.337 e. The van der Waals surface area contributed by atoms with Crippen molar-refractivity contribution in [1.82, 2.24) is 14.1 Å². The highest BCUT2D eigenvalue weighted by atomic mass is 32.2. The number of amides is 1. The minimum absolute atomic E-state index is 0.157. The fourth-order valence-corrected chi connectivity index (χ4v) is 6.17. The van der Waals surface area contributed by atoms with Gasteiger partial charge in [-0.1, -0.05) is 37.1 Å². The van der Waals surface area contributed by atoms with Crippen LogP contribution >= 0.6 is 0 Å². The van der Waals surface area contributed by atoms with E-state index in [4.69, 9.17) is 0 Å². The molecular weight excluding hydrogens is 441 g/mol. The Bertz CT molecular complexity index is 1070. The molecule has 0 saturated carbocycles. The molecule has 4 rings (SSSR count). The number of rotatable bonds is 5. The number of sulfonamides is 1. The normalized spacial score (nSPS) is 19.1. The van der Waals surface area contributed by atoms with Crippen LogP contribution in [0.4, 0.5) is 4.39 Å². The van der Waals surface area contributed by atoms with Gasteiger partial charge < -0.3 is 4.90 Å². The molecule has 2 aliphatic heterocycles. The van der Waals surface area contributed by atoms with Crippen molar-refractivity contribution in [3.63, 3.8) is 0 Å². The zero-order valence-electron chi connectivity index (χ0n) is 19.0. The number of hydrogen-bond acceptors (Lipinski definition) is 4. The Morgan fingerprint density at radius 2 is 1.58 bits per heavy atom. The second-order valence-electron chi connectivity index (χ2n) is 8.86. The van der Waals surface area contributed by atoms with Crippen molar-refractivity contribution in [2.45, 2.75) is 43.5 Å². The van der Waals surface area contributed by atoms with Crippen LogP contribution in [0.1, 0.15) is 48.0 Å². The zero-order valence-corrected chi connectivity index (χ0v) is 19.8. The summed E-state index contributed by atoms with van der Waals surface area (Å²) in [6.07, 6.45) is 4.62. The Kier molecular flexibility index (Phi) is 7.78.